The van der Waals surface area contributed by atoms with E-state index < -0.39 is 5.60 Å². The number of rotatable bonds is 9. The molecule has 7 aliphatic rings. The molecule has 344 valence electrons. The summed E-state index contributed by atoms with van der Waals surface area (Å²) < 4.78 is 39.1. The molecule has 0 atom stereocenters. The first-order valence-electron chi connectivity index (χ1n) is 24.7. The Morgan fingerprint density at radius 2 is 1.13 bits per heavy atom. The fourth-order valence-corrected chi connectivity index (χ4v) is 15.4. The van der Waals surface area contributed by atoms with Crippen molar-refractivity contribution in [1.29, 1.82) is 0 Å². The highest BCUT2D eigenvalue weighted by Crippen LogP contribution is 2.67. The van der Waals surface area contributed by atoms with E-state index in [-0.39, 0.29) is 22.3 Å². The number of methoxy groups -OCH3 is 4. The molecule has 0 amide bonds. The van der Waals surface area contributed by atoms with Crippen LogP contribution in [-0.2, 0) is 11.0 Å². The molecule has 6 nitrogen and oxygen atoms in total. The van der Waals surface area contributed by atoms with Gasteiger partial charge in [-0.2, -0.15) is 0 Å². The zero-order valence-electron chi connectivity index (χ0n) is 40.5. The summed E-state index contributed by atoms with van der Waals surface area (Å²) >= 11 is 0. The summed E-state index contributed by atoms with van der Waals surface area (Å²) in [4.78, 5) is 0. The van der Waals surface area contributed by atoms with Crippen molar-refractivity contribution in [1.82, 2.24) is 0 Å². The van der Waals surface area contributed by atoms with Crippen LogP contribution in [0, 0.1) is 34.5 Å². The quantitative estimate of drug-likeness (QED) is 0.144. The maximum absolute atomic E-state index is 8.00. The molecule has 6 heteroatoms. The van der Waals surface area contributed by atoms with Crippen molar-refractivity contribution < 1.29 is 28.4 Å². The molecule has 0 N–H and O–H groups in total. The van der Waals surface area contributed by atoms with Crippen LogP contribution >= 0.6 is 0 Å². The van der Waals surface area contributed by atoms with E-state index in [2.05, 4.69) is 107 Å². The second-order valence-corrected chi connectivity index (χ2v) is 22.6. The van der Waals surface area contributed by atoms with Crippen LogP contribution in [0.1, 0.15) is 107 Å². The van der Waals surface area contributed by atoms with Crippen LogP contribution in [0.4, 0.5) is 0 Å². The van der Waals surface area contributed by atoms with Crippen molar-refractivity contribution in [3.8, 4) is 56.8 Å². The van der Waals surface area contributed by atoms with E-state index in [0.717, 1.165) is 98.8 Å². The zero-order valence-corrected chi connectivity index (χ0v) is 40.5. The molecule has 0 aromatic heterocycles. The second-order valence-electron chi connectivity index (χ2n) is 22.6. The lowest BCUT2D eigenvalue weighted by Gasteiger charge is -2.53. The number of hydrogen-bond acceptors (Lipinski definition) is 6. The smallest absolute Gasteiger partial charge is 0.178 e. The third-order valence-corrected chi connectivity index (χ3v) is 17.0. The highest BCUT2D eigenvalue weighted by molar-refractivity contribution is 6.11. The summed E-state index contributed by atoms with van der Waals surface area (Å²) in [5, 5.41) is 2.22. The normalized spacial score (nSPS) is 24.9. The predicted octanol–water partition coefficient (Wildman–Crippen LogP) is 14.6. The number of hydrogen-bond donors (Lipinski definition) is 0. The van der Waals surface area contributed by atoms with Crippen LogP contribution < -0.4 is 28.4 Å². The maximum atomic E-state index is 8.00. The van der Waals surface area contributed by atoms with Gasteiger partial charge in [-0.3, -0.25) is 0 Å². The molecule has 13 rings (SSSR count). The van der Waals surface area contributed by atoms with Gasteiger partial charge in [0.2, 0.25) is 0 Å². The van der Waals surface area contributed by atoms with E-state index >= 15 is 0 Å². The van der Waals surface area contributed by atoms with Gasteiger partial charge in [-0.15, -0.1) is 0 Å². The topological polar surface area (TPSA) is 55.4 Å². The lowest BCUT2D eigenvalue weighted by molar-refractivity contribution is -0.0787. The van der Waals surface area contributed by atoms with Crippen molar-refractivity contribution in [2.24, 2.45) is 34.5 Å². The Labute approximate surface area is 396 Å². The fraction of sp³-hybridized carbons (Fsp3) is 0.410. The summed E-state index contributed by atoms with van der Waals surface area (Å²) in [6.45, 7) is 9.94. The van der Waals surface area contributed by atoms with Gasteiger partial charge in [0.25, 0.3) is 0 Å². The number of ether oxygens (including phenoxy) is 6. The van der Waals surface area contributed by atoms with Crippen molar-refractivity contribution in [2.75, 3.05) is 28.4 Å². The van der Waals surface area contributed by atoms with Gasteiger partial charge in [0.05, 0.1) is 28.4 Å². The van der Waals surface area contributed by atoms with Gasteiger partial charge in [-0.05, 0) is 168 Å². The van der Waals surface area contributed by atoms with Crippen molar-refractivity contribution in [3.63, 3.8) is 0 Å². The highest BCUT2D eigenvalue weighted by Gasteiger charge is 2.56. The van der Waals surface area contributed by atoms with Gasteiger partial charge in [-0.25, -0.2) is 0 Å². The van der Waals surface area contributed by atoms with E-state index in [1.54, 1.807) is 28.4 Å². The maximum Gasteiger partial charge on any atom is 0.178 e. The van der Waals surface area contributed by atoms with Gasteiger partial charge >= 0.3 is 0 Å². The highest BCUT2D eigenvalue weighted by atomic mass is 16.5. The number of benzene rings is 6. The first kappa shape index (κ1) is 42.5. The minimum atomic E-state index is -0.982. The van der Waals surface area contributed by atoms with Crippen molar-refractivity contribution >= 4 is 16.8 Å². The lowest BCUT2D eigenvalue weighted by Crippen LogP contribution is -2.50. The van der Waals surface area contributed by atoms with Crippen LogP contribution in [0.5, 0.6) is 34.5 Å². The third kappa shape index (κ3) is 6.62. The van der Waals surface area contributed by atoms with E-state index in [1.807, 2.05) is 36.4 Å². The van der Waals surface area contributed by atoms with Gasteiger partial charge in [0.1, 0.15) is 40.6 Å². The Balaban J connectivity index is 1.18. The van der Waals surface area contributed by atoms with Gasteiger partial charge in [0.15, 0.2) is 5.60 Å². The molecule has 6 aliphatic carbocycles. The van der Waals surface area contributed by atoms with Crippen LogP contribution in [-0.4, -0.2) is 34.5 Å². The largest absolute Gasteiger partial charge is 0.497 e. The van der Waals surface area contributed by atoms with E-state index in [0.29, 0.717) is 11.8 Å². The summed E-state index contributed by atoms with van der Waals surface area (Å²) in [6, 6.07) is 37.0. The first-order valence-corrected chi connectivity index (χ1v) is 24.7. The average Bonchev–Trinajstić information content (AvgIpc) is 3.58. The van der Waals surface area contributed by atoms with E-state index in [1.165, 1.54) is 59.7 Å². The Morgan fingerprint density at radius 1 is 0.537 bits per heavy atom. The molecule has 0 radical (unpaired) electrons. The fourth-order valence-electron chi connectivity index (χ4n) is 15.4. The molecular weight excluding hydrogens is 829 g/mol. The third-order valence-electron chi connectivity index (χ3n) is 17.0. The summed E-state index contributed by atoms with van der Waals surface area (Å²) in [5.41, 5.74) is 9.56. The molecule has 6 aromatic rings. The van der Waals surface area contributed by atoms with E-state index in [9.17, 15) is 0 Å². The standard InChI is InChI=1S/C61H64O6/c1-58(2)33-59(3,4)35-60(34-58)51-12-10-9-11-46(51)54-49-32-53(66-56-38-26-36-25-37(28-38)29-39(56)27-36)48(45-22-21-44(64-7)30-52(45)65-8)31-50(49)57-47(55(54)60)23-24-61(67-57,40-13-17-42(62-5)18-14-40)41-15-19-43(63-6)20-16-41/h9-24,30-32,36-39,56H,25-29,33-35H2,1-8H3. The van der Waals surface area contributed by atoms with Gasteiger partial charge in [0, 0.05) is 44.7 Å². The average molecular weight is 893 g/mol. The Kier molecular flexibility index (Phi) is 9.71. The van der Waals surface area contributed by atoms with Gasteiger partial charge < -0.3 is 28.4 Å². The molecule has 67 heavy (non-hydrogen) atoms. The molecular formula is C61H64O6. The minimum Gasteiger partial charge on any atom is -0.497 e. The Morgan fingerprint density at radius 3 is 1.73 bits per heavy atom. The lowest BCUT2D eigenvalue weighted by atomic mass is 9.52. The molecule has 1 heterocycles. The summed E-state index contributed by atoms with van der Waals surface area (Å²) in [7, 11) is 6.89. The first-order chi connectivity index (χ1) is 32.3. The van der Waals surface area contributed by atoms with Crippen LogP contribution in [0.3, 0.4) is 0 Å². The van der Waals surface area contributed by atoms with Crippen LogP contribution in [0.2, 0.25) is 0 Å². The zero-order chi connectivity index (χ0) is 46.0. The molecule has 0 saturated heterocycles. The molecule has 0 unspecified atom stereocenters. The summed E-state index contributed by atoms with van der Waals surface area (Å²) in [6.07, 6.45) is 14.6. The number of fused-ring (bicyclic) bond motifs is 10. The summed E-state index contributed by atoms with van der Waals surface area (Å²) in [5.74, 6) is 7.71. The predicted molar refractivity (Wildman–Crippen MR) is 268 cm³/mol. The molecule has 1 spiro atoms. The van der Waals surface area contributed by atoms with Crippen molar-refractivity contribution in [3.05, 3.63) is 137 Å². The second kappa shape index (κ2) is 15.3. The Bertz CT molecular complexity index is 2860. The molecule has 1 aliphatic heterocycles. The molecule has 4 bridgehead atoms. The molecule has 5 saturated carbocycles. The molecule has 5 fully saturated rings. The van der Waals surface area contributed by atoms with E-state index in [4.69, 9.17) is 28.4 Å². The SMILES string of the molecule is COc1ccc(C2(c3ccc(OC)cc3)C=Cc3c4c(c5cc(OC6C7CC8CC(C7)CC6C8)c(-c6ccc(OC)cc6OC)cc5c3O2)-c2ccccc2C42CC(C)(C)CC(C)(C)C2)cc1. The van der Waals surface area contributed by atoms with Crippen LogP contribution in [0.25, 0.3) is 39.1 Å². The monoisotopic (exact) mass is 892 g/mol. The van der Waals surface area contributed by atoms with Gasteiger partial charge in [-0.1, -0.05) is 82.3 Å². The van der Waals surface area contributed by atoms with Crippen LogP contribution in [0.15, 0.2) is 109 Å². The van der Waals surface area contributed by atoms with Crippen molar-refractivity contribution in [2.45, 2.75) is 96.2 Å². The Hall–Kier alpha value is -5.88. The molecule has 6 aromatic carbocycles. The minimum absolute atomic E-state index is 0.0933.